The van der Waals surface area contributed by atoms with Gasteiger partial charge in [-0.25, -0.2) is 4.68 Å². The van der Waals surface area contributed by atoms with Gasteiger partial charge in [0.25, 0.3) is 5.91 Å². The van der Waals surface area contributed by atoms with Crippen LogP contribution in [0.2, 0.25) is 10.0 Å². The lowest BCUT2D eigenvalue weighted by molar-refractivity contribution is -0.124. The topological polar surface area (TPSA) is 67.2 Å². The number of aliphatic hydroxyl groups excluding tert-OH is 1. The Balaban J connectivity index is 2.17. The van der Waals surface area contributed by atoms with Crippen molar-refractivity contribution in [2.75, 3.05) is 5.32 Å². The molecule has 118 valence electrons. The molecule has 2 rings (SSSR count). The summed E-state index contributed by atoms with van der Waals surface area (Å²) < 4.78 is 1.70. The molecule has 0 aliphatic carbocycles. The highest BCUT2D eigenvalue weighted by molar-refractivity contribution is 6.34. The maximum absolute atomic E-state index is 12.2. The molecule has 7 heteroatoms. The molecule has 0 spiro atoms. The minimum absolute atomic E-state index is 0.142. The van der Waals surface area contributed by atoms with E-state index in [9.17, 15) is 9.90 Å². The van der Waals surface area contributed by atoms with Crippen LogP contribution in [-0.2, 0) is 4.79 Å². The largest absolute Gasteiger partial charge is 0.378 e. The predicted octanol–water partition coefficient (Wildman–Crippen LogP) is 3.83. The van der Waals surface area contributed by atoms with Crippen LogP contribution in [-0.4, -0.2) is 20.8 Å². The second-order valence-corrected chi connectivity index (χ2v) is 5.89. The quantitative estimate of drug-likeness (QED) is 0.868. The van der Waals surface area contributed by atoms with E-state index < -0.39 is 12.0 Å². The summed E-state index contributed by atoms with van der Waals surface area (Å²) in [7, 11) is 0. The molecular formula is C15H17Cl2N3O2. The van der Waals surface area contributed by atoms with Gasteiger partial charge in [0.2, 0.25) is 0 Å². The predicted molar refractivity (Wildman–Crippen MR) is 87.3 cm³/mol. The Morgan fingerprint density at radius 3 is 2.59 bits per heavy atom. The molecule has 0 aliphatic rings. The fourth-order valence-corrected chi connectivity index (χ4v) is 2.56. The standard InChI is InChI=1S/C15H17Cl2N3O2/c1-3-9(2)20-13(4-5-18-20)19-15(22)14(21)10-6-11(16)8-12(17)7-10/h4-9,14,21H,3H2,1-2H3,(H,19,22). The third-order valence-electron chi connectivity index (χ3n) is 3.38. The smallest absolute Gasteiger partial charge is 0.258 e. The minimum atomic E-state index is -1.36. The van der Waals surface area contributed by atoms with E-state index in [1.165, 1.54) is 18.2 Å². The van der Waals surface area contributed by atoms with Crippen LogP contribution >= 0.6 is 23.2 Å². The summed E-state index contributed by atoms with van der Waals surface area (Å²) in [4.78, 5) is 12.2. The lowest BCUT2D eigenvalue weighted by atomic mass is 10.1. The van der Waals surface area contributed by atoms with Crippen LogP contribution in [0, 0.1) is 0 Å². The fraction of sp³-hybridized carbons (Fsp3) is 0.333. The second-order valence-electron chi connectivity index (χ2n) is 5.01. The molecule has 2 atom stereocenters. The first-order chi connectivity index (χ1) is 10.4. The number of aliphatic hydroxyl groups is 1. The summed E-state index contributed by atoms with van der Waals surface area (Å²) in [5, 5.41) is 17.7. The number of aromatic nitrogens is 2. The van der Waals surface area contributed by atoms with Gasteiger partial charge in [-0.3, -0.25) is 4.79 Å². The van der Waals surface area contributed by atoms with Crippen LogP contribution in [0.4, 0.5) is 5.82 Å². The van der Waals surface area contributed by atoms with Crippen molar-refractivity contribution in [3.63, 3.8) is 0 Å². The number of carbonyl (C=O) groups excluding carboxylic acids is 1. The summed E-state index contributed by atoms with van der Waals surface area (Å²) in [6.07, 6.45) is 1.11. The monoisotopic (exact) mass is 341 g/mol. The Labute approximate surface area is 138 Å². The number of benzene rings is 1. The maximum atomic E-state index is 12.2. The van der Waals surface area contributed by atoms with E-state index in [-0.39, 0.29) is 6.04 Å². The van der Waals surface area contributed by atoms with Crippen molar-refractivity contribution in [1.29, 1.82) is 0 Å². The van der Waals surface area contributed by atoms with Crippen molar-refractivity contribution < 1.29 is 9.90 Å². The van der Waals surface area contributed by atoms with Crippen LogP contribution in [0.1, 0.15) is 38.0 Å². The van der Waals surface area contributed by atoms with E-state index >= 15 is 0 Å². The highest BCUT2D eigenvalue weighted by Gasteiger charge is 2.20. The van der Waals surface area contributed by atoms with E-state index in [1.54, 1.807) is 16.9 Å². The maximum Gasteiger partial charge on any atom is 0.258 e. The van der Waals surface area contributed by atoms with Gasteiger partial charge >= 0.3 is 0 Å². The van der Waals surface area contributed by atoms with Gasteiger partial charge in [0, 0.05) is 16.1 Å². The molecule has 1 amide bonds. The van der Waals surface area contributed by atoms with Crippen LogP contribution in [0.5, 0.6) is 0 Å². The summed E-state index contributed by atoms with van der Waals surface area (Å²) in [5.41, 5.74) is 0.338. The van der Waals surface area contributed by atoms with Crippen LogP contribution in [0.25, 0.3) is 0 Å². The zero-order valence-electron chi connectivity index (χ0n) is 12.3. The number of halogens is 2. The van der Waals surface area contributed by atoms with Gasteiger partial charge in [0.15, 0.2) is 6.10 Å². The molecule has 1 aromatic carbocycles. The van der Waals surface area contributed by atoms with Gasteiger partial charge in [0.1, 0.15) is 5.82 Å². The zero-order chi connectivity index (χ0) is 16.3. The average Bonchev–Trinajstić information content (AvgIpc) is 2.92. The number of nitrogens with zero attached hydrogens (tertiary/aromatic N) is 2. The lowest BCUT2D eigenvalue weighted by Crippen LogP contribution is -2.23. The Hall–Kier alpha value is -1.56. The zero-order valence-corrected chi connectivity index (χ0v) is 13.8. The van der Waals surface area contributed by atoms with E-state index in [1.807, 2.05) is 13.8 Å². The number of hydrogen-bond acceptors (Lipinski definition) is 3. The number of nitrogens with one attached hydrogen (secondary N) is 1. The van der Waals surface area contributed by atoms with Crippen molar-refractivity contribution in [2.24, 2.45) is 0 Å². The fourth-order valence-electron chi connectivity index (χ4n) is 2.02. The summed E-state index contributed by atoms with van der Waals surface area (Å²) in [6.45, 7) is 4.02. The van der Waals surface area contributed by atoms with Gasteiger partial charge in [-0.15, -0.1) is 0 Å². The summed E-state index contributed by atoms with van der Waals surface area (Å²) >= 11 is 11.8. The molecule has 5 nitrogen and oxygen atoms in total. The molecule has 0 fully saturated rings. The summed E-state index contributed by atoms with van der Waals surface area (Å²) in [5.74, 6) is -0.0325. The van der Waals surface area contributed by atoms with Gasteiger partial charge in [-0.1, -0.05) is 30.1 Å². The molecule has 2 aromatic rings. The first kappa shape index (κ1) is 16.8. The average molecular weight is 342 g/mol. The SMILES string of the molecule is CCC(C)n1nccc1NC(=O)C(O)c1cc(Cl)cc(Cl)c1. The van der Waals surface area contributed by atoms with Crippen LogP contribution in [0.15, 0.2) is 30.5 Å². The van der Waals surface area contributed by atoms with E-state index in [2.05, 4.69) is 10.4 Å². The van der Waals surface area contributed by atoms with Gasteiger partial charge in [0.05, 0.1) is 12.2 Å². The molecule has 22 heavy (non-hydrogen) atoms. The number of carbonyl (C=O) groups is 1. The molecule has 0 bridgehead atoms. The number of rotatable bonds is 5. The highest BCUT2D eigenvalue weighted by atomic mass is 35.5. The molecule has 0 aliphatic heterocycles. The summed E-state index contributed by atoms with van der Waals surface area (Å²) in [6, 6.07) is 6.37. The second kappa shape index (κ2) is 7.13. The first-order valence-electron chi connectivity index (χ1n) is 6.90. The Morgan fingerprint density at radius 2 is 2.00 bits per heavy atom. The molecule has 0 saturated heterocycles. The van der Waals surface area contributed by atoms with Crippen molar-refractivity contribution >= 4 is 34.9 Å². The Kier molecular flexibility index (Phi) is 5.45. The lowest BCUT2D eigenvalue weighted by Gasteiger charge is -2.16. The van der Waals surface area contributed by atoms with Gasteiger partial charge in [-0.2, -0.15) is 5.10 Å². The number of anilines is 1. The molecule has 0 radical (unpaired) electrons. The third-order valence-corrected chi connectivity index (χ3v) is 3.82. The molecule has 1 aromatic heterocycles. The van der Waals surface area contributed by atoms with Crippen molar-refractivity contribution in [3.05, 3.63) is 46.1 Å². The Bertz CT molecular complexity index is 652. The van der Waals surface area contributed by atoms with Crippen molar-refractivity contribution in [2.45, 2.75) is 32.4 Å². The van der Waals surface area contributed by atoms with Crippen LogP contribution < -0.4 is 5.32 Å². The third kappa shape index (κ3) is 3.80. The molecule has 2 N–H and O–H groups in total. The van der Waals surface area contributed by atoms with Crippen molar-refractivity contribution in [3.8, 4) is 0 Å². The van der Waals surface area contributed by atoms with Gasteiger partial charge < -0.3 is 10.4 Å². The highest BCUT2D eigenvalue weighted by Crippen LogP contribution is 2.25. The van der Waals surface area contributed by atoms with E-state index in [0.29, 0.717) is 21.4 Å². The molecule has 2 unspecified atom stereocenters. The van der Waals surface area contributed by atoms with E-state index in [4.69, 9.17) is 23.2 Å². The normalized spacial score (nSPS) is 13.7. The number of amides is 1. The van der Waals surface area contributed by atoms with Crippen molar-refractivity contribution in [1.82, 2.24) is 9.78 Å². The molecular weight excluding hydrogens is 325 g/mol. The first-order valence-corrected chi connectivity index (χ1v) is 7.66. The number of hydrogen-bond donors (Lipinski definition) is 2. The molecule has 0 saturated carbocycles. The van der Waals surface area contributed by atoms with Crippen LogP contribution in [0.3, 0.4) is 0 Å². The van der Waals surface area contributed by atoms with Gasteiger partial charge in [-0.05, 0) is 37.1 Å². The minimum Gasteiger partial charge on any atom is -0.378 e. The Morgan fingerprint density at radius 1 is 1.36 bits per heavy atom. The molecule has 1 heterocycles. The van der Waals surface area contributed by atoms with E-state index in [0.717, 1.165) is 6.42 Å².